The minimum atomic E-state index is 0.387. The smallest absolute Gasteiger partial charge is 0.0561 e. The first-order valence-electron chi connectivity index (χ1n) is 7.15. The molecule has 3 aromatic carbocycles. The summed E-state index contributed by atoms with van der Waals surface area (Å²) in [6.45, 7) is 2.16. The molecule has 0 saturated heterocycles. The Labute approximate surface area is 119 Å². The number of anilines is 1. The number of nitrogens with one attached hydrogen (secondary N) is 1. The van der Waals surface area contributed by atoms with Crippen molar-refractivity contribution in [2.75, 3.05) is 5.32 Å². The van der Waals surface area contributed by atoms with Crippen LogP contribution in [0.3, 0.4) is 0 Å². The summed E-state index contributed by atoms with van der Waals surface area (Å²) in [5, 5.41) is 6.35. The highest BCUT2D eigenvalue weighted by Crippen LogP contribution is 2.37. The van der Waals surface area contributed by atoms with Crippen molar-refractivity contribution in [1.29, 1.82) is 0 Å². The minimum Gasteiger partial charge on any atom is -0.378 e. The van der Waals surface area contributed by atoms with Crippen LogP contribution in [0.1, 0.15) is 22.7 Å². The van der Waals surface area contributed by atoms with E-state index in [-0.39, 0.29) is 0 Å². The quantitative estimate of drug-likeness (QED) is 0.658. The van der Waals surface area contributed by atoms with Crippen molar-refractivity contribution in [3.05, 3.63) is 77.4 Å². The van der Waals surface area contributed by atoms with Gasteiger partial charge in [0.25, 0.3) is 0 Å². The molecule has 4 rings (SSSR count). The van der Waals surface area contributed by atoms with Gasteiger partial charge in [-0.2, -0.15) is 0 Å². The molecule has 1 atom stereocenters. The van der Waals surface area contributed by atoms with Crippen molar-refractivity contribution in [3.63, 3.8) is 0 Å². The van der Waals surface area contributed by atoms with Crippen LogP contribution in [0, 0.1) is 6.92 Å². The van der Waals surface area contributed by atoms with Crippen LogP contribution in [0.15, 0.2) is 60.7 Å². The molecule has 0 radical (unpaired) electrons. The van der Waals surface area contributed by atoms with Crippen LogP contribution in [-0.2, 0) is 6.42 Å². The molecule has 0 fully saturated rings. The van der Waals surface area contributed by atoms with Crippen molar-refractivity contribution in [2.45, 2.75) is 19.4 Å². The highest BCUT2D eigenvalue weighted by atomic mass is 14.9. The lowest BCUT2D eigenvalue weighted by Crippen LogP contribution is -2.06. The Balaban J connectivity index is 1.79. The van der Waals surface area contributed by atoms with Crippen LogP contribution in [0.5, 0.6) is 0 Å². The summed E-state index contributed by atoms with van der Waals surface area (Å²) in [5.41, 5.74) is 5.46. The molecule has 0 bridgehead atoms. The normalized spacial score (nSPS) is 16.9. The van der Waals surface area contributed by atoms with Crippen LogP contribution >= 0.6 is 0 Å². The third kappa shape index (κ3) is 1.78. The number of rotatable bonds is 1. The van der Waals surface area contributed by atoms with Gasteiger partial charge in [0, 0.05) is 5.69 Å². The van der Waals surface area contributed by atoms with Gasteiger partial charge in [0.1, 0.15) is 0 Å². The first-order chi connectivity index (χ1) is 9.81. The van der Waals surface area contributed by atoms with Gasteiger partial charge < -0.3 is 5.32 Å². The van der Waals surface area contributed by atoms with Gasteiger partial charge in [-0.15, -0.1) is 0 Å². The summed E-state index contributed by atoms with van der Waals surface area (Å²) in [4.78, 5) is 0. The second kappa shape index (κ2) is 4.38. The molecular formula is C19H17N. The number of hydrogen-bond acceptors (Lipinski definition) is 1. The lowest BCUT2D eigenvalue weighted by Gasteiger charge is -2.14. The molecule has 1 N–H and O–H groups in total. The topological polar surface area (TPSA) is 12.0 Å². The van der Waals surface area contributed by atoms with Crippen LogP contribution in [-0.4, -0.2) is 0 Å². The summed E-state index contributed by atoms with van der Waals surface area (Å²) < 4.78 is 0. The summed E-state index contributed by atoms with van der Waals surface area (Å²) >= 11 is 0. The lowest BCUT2D eigenvalue weighted by atomic mass is 9.96. The standard InChI is InChI=1S/C19H17N/c1-13-9-10-18-15(11-13)12-19(20-18)17-8-4-6-14-5-2-3-7-16(14)17/h2-11,19-20H,12H2,1H3. The van der Waals surface area contributed by atoms with E-state index in [9.17, 15) is 0 Å². The molecular weight excluding hydrogens is 242 g/mol. The summed E-state index contributed by atoms with van der Waals surface area (Å²) in [7, 11) is 0. The maximum absolute atomic E-state index is 3.67. The molecule has 98 valence electrons. The van der Waals surface area contributed by atoms with Gasteiger partial charge in [-0.25, -0.2) is 0 Å². The van der Waals surface area contributed by atoms with E-state index in [1.165, 1.54) is 33.2 Å². The van der Waals surface area contributed by atoms with Gasteiger partial charge in [-0.05, 0) is 41.3 Å². The van der Waals surface area contributed by atoms with Gasteiger partial charge in [-0.1, -0.05) is 60.2 Å². The zero-order valence-corrected chi connectivity index (χ0v) is 11.6. The molecule has 0 amide bonds. The second-order valence-electron chi connectivity index (χ2n) is 5.63. The number of benzene rings is 3. The fourth-order valence-electron chi connectivity index (χ4n) is 3.23. The second-order valence-corrected chi connectivity index (χ2v) is 5.63. The molecule has 0 aliphatic carbocycles. The van der Waals surface area contributed by atoms with Crippen molar-refractivity contribution in [3.8, 4) is 0 Å². The lowest BCUT2D eigenvalue weighted by molar-refractivity contribution is 0.832. The molecule has 20 heavy (non-hydrogen) atoms. The number of aryl methyl sites for hydroxylation is 1. The van der Waals surface area contributed by atoms with Gasteiger partial charge in [0.2, 0.25) is 0 Å². The average molecular weight is 259 g/mol. The molecule has 1 unspecified atom stereocenters. The third-order valence-corrected chi connectivity index (χ3v) is 4.21. The Kier molecular flexibility index (Phi) is 2.53. The zero-order valence-electron chi connectivity index (χ0n) is 11.6. The number of hydrogen-bond donors (Lipinski definition) is 1. The first-order valence-corrected chi connectivity index (χ1v) is 7.15. The van der Waals surface area contributed by atoms with Crippen LogP contribution < -0.4 is 5.32 Å². The van der Waals surface area contributed by atoms with Gasteiger partial charge in [0.15, 0.2) is 0 Å². The largest absolute Gasteiger partial charge is 0.378 e. The summed E-state index contributed by atoms with van der Waals surface area (Å²) in [6.07, 6.45) is 1.07. The highest BCUT2D eigenvalue weighted by molar-refractivity contribution is 5.86. The monoisotopic (exact) mass is 259 g/mol. The zero-order chi connectivity index (χ0) is 13.5. The van der Waals surface area contributed by atoms with Crippen LogP contribution in [0.2, 0.25) is 0 Å². The Morgan fingerprint density at radius 1 is 0.950 bits per heavy atom. The maximum atomic E-state index is 3.67. The molecule has 1 aliphatic heterocycles. The van der Waals surface area contributed by atoms with Crippen LogP contribution in [0.25, 0.3) is 10.8 Å². The average Bonchev–Trinajstić information content (AvgIpc) is 2.89. The van der Waals surface area contributed by atoms with E-state index in [1.807, 2.05) is 0 Å². The Bertz CT molecular complexity index is 783. The molecule has 1 heteroatoms. The third-order valence-electron chi connectivity index (χ3n) is 4.21. The number of fused-ring (bicyclic) bond motifs is 2. The van der Waals surface area contributed by atoms with E-state index in [1.54, 1.807) is 0 Å². The van der Waals surface area contributed by atoms with E-state index < -0.39 is 0 Å². The molecule has 1 nitrogen and oxygen atoms in total. The molecule has 1 aliphatic rings. The van der Waals surface area contributed by atoms with Crippen molar-refractivity contribution in [2.24, 2.45) is 0 Å². The minimum absolute atomic E-state index is 0.387. The molecule has 1 heterocycles. The van der Waals surface area contributed by atoms with E-state index >= 15 is 0 Å². The predicted octanol–water partition coefficient (Wildman–Crippen LogP) is 4.86. The predicted molar refractivity (Wildman–Crippen MR) is 85.2 cm³/mol. The first kappa shape index (κ1) is 11.5. The van der Waals surface area contributed by atoms with Gasteiger partial charge in [-0.3, -0.25) is 0 Å². The molecule has 0 spiro atoms. The fourth-order valence-corrected chi connectivity index (χ4v) is 3.23. The molecule has 0 aromatic heterocycles. The van der Waals surface area contributed by atoms with E-state index in [4.69, 9.17) is 0 Å². The summed E-state index contributed by atoms with van der Waals surface area (Å²) in [6, 6.07) is 22.3. The van der Waals surface area contributed by atoms with E-state index in [0.29, 0.717) is 6.04 Å². The Morgan fingerprint density at radius 3 is 2.75 bits per heavy atom. The SMILES string of the molecule is Cc1ccc2c(c1)CC(c1cccc3ccccc13)N2. The molecule has 3 aromatic rings. The van der Waals surface area contributed by atoms with Crippen LogP contribution in [0.4, 0.5) is 5.69 Å². The highest BCUT2D eigenvalue weighted by Gasteiger charge is 2.23. The van der Waals surface area contributed by atoms with Crippen molar-refractivity contribution < 1.29 is 0 Å². The Morgan fingerprint density at radius 2 is 1.80 bits per heavy atom. The molecule has 0 saturated carbocycles. The Hall–Kier alpha value is -2.28. The maximum Gasteiger partial charge on any atom is 0.0561 e. The van der Waals surface area contributed by atoms with Crippen molar-refractivity contribution >= 4 is 16.5 Å². The van der Waals surface area contributed by atoms with Gasteiger partial charge >= 0.3 is 0 Å². The van der Waals surface area contributed by atoms with E-state index in [2.05, 4.69) is 72.9 Å². The van der Waals surface area contributed by atoms with E-state index in [0.717, 1.165) is 6.42 Å². The van der Waals surface area contributed by atoms with Crippen molar-refractivity contribution in [1.82, 2.24) is 0 Å². The summed E-state index contributed by atoms with van der Waals surface area (Å²) in [5.74, 6) is 0. The fraction of sp³-hybridized carbons (Fsp3) is 0.158. The van der Waals surface area contributed by atoms with Gasteiger partial charge in [0.05, 0.1) is 6.04 Å².